The predicted octanol–water partition coefficient (Wildman–Crippen LogP) is 2.97. The summed E-state index contributed by atoms with van der Waals surface area (Å²) in [6.45, 7) is 4.67. The number of rotatable bonds is 4. The van der Waals surface area contributed by atoms with Crippen LogP contribution in [0.1, 0.15) is 17.0 Å². The van der Waals surface area contributed by atoms with Crippen LogP contribution in [0.4, 0.5) is 0 Å². The fourth-order valence-corrected chi connectivity index (χ4v) is 2.16. The maximum atomic E-state index is 5.78. The summed E-state index contributed by atoms with van der Waals surface area (Å²) in [4.78, 5) is 4.54. The Labute approximate surface area is 118 Å². The van der Waals surface area contributed by atoms with Gasteiger partial charge in [-0.2, -0.15) is 5.10 Å². The molecular formula is C16H17N3O. The fourth-order valence-electron chi connectivity index (χ4n) is 2.16. The second kappa shape index (κ2) is 5.33. The molecule has 102 valence electrons. The van der Waals surface area contributed by atoms with Gasteiger partial charge >= 0.3 is 0 Å². The largest absolute Gasteiger partial charge is 0.493 e. The van der Waals surface area contributed by atoms with Crippen LogP contribution in [0.25, 0.3) is 5.65 Å². The molecule has 2 aromatic heterocycles. The van der Waals surface area contributed by atoms with E-state index in [9.17, 15) is 0 Å². The Morgan fingerprint density at radius 3 is 2.65 bits per heavy atom. The van der Waals surface area contributed by atoms with Crippen LogP contribution in [-0.4, -0.2) is 21.2 Å². The van der Waals surface area contributed by atoms with Crippen LogP contribution in [-0.2, 0) is 6.42 Å². The van der Waals surface area contributed by atoms with Crippen molar-refractivity contribution in [1.29, 1.82) is 0 Å². The van der Waals surface area contributed by atoms with Crippen LogP contribution in [0, 0.1) is 13.8 Å². The maximum absolute atomic E-state index is 5.78. The minimum Gasteiger partial charge on any atom is -0.493 e. The van der Waals surface area contributed by atoms with Crippen molar-refractivity contribution in [3.8, 4) is 5.75 Å². The average molecular weight is 267 g/mol. The monoisotopic (exact) mass is 267 g/mol. The molecule has 0 aliphatic heterocycles. The molecule has 0 aliphatic rings. The second-order valence-corrected chi connectivity index (χ2v) is 4.85. The van der Waals surface area contributed by atoms with Crippen molar-refractivity contribution < 1.29 is 4.74 Å². The van der Waals surface area contributed by atoms with Gasteiger partial charge in [-0.25, -0.2) is 9.50 Å². The Morgan fingerprint density at radius 2 is 1.85 bits per heavy atom. The highest BCUT2D eigenvalue weighted by atomic mass is 16.5. The van der Waals surface area contributed by atoms with Gasteiger partial charge < -0.3 is 4.74 Å². The van der Waals surface area contributed by atoms with Gasteiger partial charge in [0.25, 0.3) is 0 Å². The van der Waals surface area contributed by atoms with E-state index in [1.807, 2.05) is 61.0 Å². The van der Waals surface area contributed by atoms with E-state index in [-0.39, 0.29) is 0 Å². The van der Waals surface area contributed by atoms with Gasteiger partial charge in [0.05, 0.1) is 6.61 Å². The number of hydrogen-bond donors (Lipinski definition) is 0. The summed E-state index contributed by atoms with van der Waals surface area (Å²) in [5, 5.41) is 4.45. The summed E-state index contributed by atoms with van der Waals surface area (Å²) in [5.41, 5.74) is 3.19. The van der Waals surface area contributed by atoms with Crippen molar-refractivity contribution in [2.24, 2.45) is 0 Å². The van der Waals surface area contributed by atoms with Gasteiger partial charge in [0.2, 0.25) is 0 Å². The van der Waals surface area contributed by atoms with Gasteiger partial charge in [-0.05, 0) is 37.1 Å². The van der Waals surface area contributed by atoms with Crippen LogP contribution in [0.3, 0.4) is 0 Å². The van der Waals surface area contributed by atoms with E-state index >= 15 is 0 Å². The van der Waals surface area contributed by atoms with E-state index in [4.69, 9.17) is 4.74 Å². The van der Waals surface area contributed by atoms with Gasteiger partial charge in [-0.3, -0.25) is 0 Å². The van der Waals surface area contributed by atoms with E-state index in [1.54, 1.807) is 0 Å². The van der Waals surface area contributed by atoms with Crippen LogP contribution < -0.4 is 4.74 Å². The van der Waals surface area contributed by atoms with Crippen molar-refractivity contribution in [2.45, 2.75) is 20.3 Å². The SMILES string of the molecule is Cc1ccccc1OCCc1nc2c(C)cccn2n1. The van der Waals surface area contributed by atoms with Crippen LogP contribution in [0.15, 0.2) is 42.6 Å². The molecule has 20 heavy (non-hydrogen) atoms. The molecule has 0 saturated carbocycles. The first-order valence-electron chi connectivity index (χ1n) is 6.73. The summed E-state index contributed by atoms with van der Waals surface area (Å²) < 4.78 is 7.60. The topological polar surface area (TPSA) is 39.4 Å². The zero-order chi connectivity index (χ0) is 13.9. The lowest BCUT2D eigenvalue weighted by Crippen LogP contribution is -2.03. The molecule has 0 unspecified atom stereocenters. The van der Waals surface area contributed by atoms with E-state index in [0.29, 0.717) is 13.0 Å². The first-order chi connectivity index (χ1) is 9.74. The molecule has 0 N–H and O–H groups in total. The lowest BCUT2D eigenvalue weighted by Gasteiger charge is -2.06. The van der Waals surface area contributed by atoms with E-state index in [2.05, 4.69) is 10.1 Å². The molecule has 1 aromatic carbocycles. The molecule has 0 aliphatic carbocycles. The van der Waals surface area contributed by atoms with Gasteiger partial charge in [0, 0.05) is 12.6 Å². The van der Waals surface area contributed by atoms with Gasteiger partial charge in [0.1, 0.15) is 5.75 Å². The number of benzene rings is 1. The Morgan fingerprint density at radius 1 is 1.05 bits per heavy atom. The van der Waals surface area contributed by atoms with E-state index in [1.165, 1.54) is 0 Å². The molecular weight excluding hydrogens is 250 g/mol. The normalized spacial score (nSPS) is 10.9. The summed E-state index contributed by atoms with van der Waals surface area (Å²) in [6, 6.07) is 12.0. The zero-order valence-electron chi connectivity index (χ0n) is 11.7. The molecule has 0 spiro atoms. The van der Waals surface area contributed by atoms with E-state index in [0.717, 1.165) is 28.3 Å². The summed E-state index contributed by atoms with van der Waals surface area (Å²) in [6.07, 6.45) is 2.62. The highest BCUT2D eigenvalue weighted by molar-refractivity contribution is 5.45. The van der Waals surface area contributed by atoms with Gasteiger partial charge in [0.15, 0.2) is 11.5 Å². The molecule has 0 fully saturated rings. The minimum absolute atomic E-state index is 0.584. The van der Waals surface area contributed by atoms with Gasteiger partial charge in [-0.1, -0.05) is 24.3 Å². The van der Waals surface area contributed by atoms with Crippen molar-refractivity contribution in [3.05, 3.63) is 59.5 Å². The standard InChI is InChI=1S/C16H17N3O/c1-12-6-3-4-8-14(12)20-11-9-15-17-16-13(2)7-5-10-19(16)18-15/h3-8,10H,9,11H2,1-2H3. The first-order valence-corrected chi connectivity index (χ1v) is 6.73. The molecule has 4 heteroatoms. The maximum Gasteiger partial charge on any atom is 0.158 e. The number of fused-ring (bicyclic) bond motifs is 1. The fraction of sp³-hybridized carbons (Fsp3) is 0.250. The quantitative estimate of drug-likeness (QED) is 0.729. The molecule has 0 saturated heterocycles. The Hall–Kier alpha value is -2.36. The summed E-state index contributed by atoms with van der Waals surface area (Å²) >= 11 is 0. The van der Waals surface area contributed by atoms with Crippen molar-refractivity contribution in [1.82, 2.24) is 14.6 Å². The second-order valence-electron chi connectivity index (χ2n) is 4.85. The zero-order valence-corrected chi connectivity index (χ0v) is 11.7. The summed E-state index contributed by atoms with van der Waals surface area (Å²) in [5.74, 6) is 1.74. The number of aromatic nitrogens is 3. The molecule has 0 atom stereocenters. The van der Waals surface area contributed by atoms with Crippen molar-refractivity contribution in [3.63, 3.8) is 0 Å². The van der Waals surface area contributed by atoms with Crippen LogP contribution >= 0.6 is 0 Å². The lowest BCUT2D eigenvalue weighted by molar-refractivity contribution is 0.317. The predicted molar refractivity (Wildman–Crippen MR) is 78.1 cm³/mol. The highest BCUT2D eigenvalue weighted by Gasteiger charge is 2.06. The molecule has 2 heterocycles. The smallest absolute Gasteiger partial charge is 0.158 e. The van der Waals surface area contributed by atoms with E-state index < -0.39 is 0 Å². The highest BCUT2D eigenvalue weighted by Crippen LogP contribution is 2.16. The number of pyridine rings is 1. The number of aryl methyl sites for hydroxylation is 2. The first kappa shape index (κ1) is 12.7. The third-order valence-electron chi connectivity index (χ3n) is 3.28. The lowest BCUT2D eigenvalue weighted by atomic mass is 10.2. The van der Waals surface area contributed by atoms with Crippen LogP contribution in [0.2, 0.25) is 0 Å². The molecule has 3 aromatic rings. The molecule has 0 bridgehead atoms. The molecule has 4 nitrogen and oxygen atoms in total. The van der Waals surface area contributed by atoms with Gasteiger partial charge in [-0.15, -0.1) is 0 Å². The molecule has 0 radical (unpaired) electrons. The Bertz CT molecular complexity index is 733. The third kappa shape index (κ3) is 2.50. The minimum atomic E-state index is 0.584. The third-order valence-corrected chi connectivity index (χ3v) is 3.28. The average Bonchev–Trinajstić information content (AvgIpc) is 2.85. The number of ether oxygens (including phenoxy) is 1. The van der Waals surface area contributed by atoms with Crippen molar-refractivity contribution >= 4 is 5.65 Å². The Balaban J connectivity index is 1.68. The molecule has 3 rings (SSSR count). The Kier molecular flexibility index (Phi) is 3.37. The summed E-state index contributed by atoms with van der Waals surface area (Å²) in [7, 11) is 0. The number of hydrogen-bond acceptors (Lipinski definition) is 3. The van der Waals surface area contributed by atoms with Crippen molar-refractivity contribution in [2.75, 3.05) is 6.61 Å². The van der Waals surface area contributed by atoms with Crippen LogP contribution in [0.5, 0.6) is 5.75 Å². The number of para-hydroxylation sites is 1. The number of nitrogens with zero attached hydrogens (tertiary/aromatic N) is 3. The molecule has 0 amide bonds.